The number of hydrogen-bond acceptors (Lipinski definition) is 3. The van der Waals surface area contributed by atoms with Crippen LogP contribution in [0.2, 0.25) is 0 Å². The van der Waals surface area contributed by atoms with Crippen LogP contribution in [0.3, 0.4) is 0 Å². The van der Waals surface area contributed by atoms with Crippen molar-refractivity contribution >= 4 is 5.82 Å². The summed E-state index contributed by atoms with van der Waals surface area (Å²) < 4.78 is 13.9. The van der Waals surface area contributed by atoms with Crippen molar-refractivity contribution in [1.82, 2.24) is 10.3 Å². The van der Waals surface area contributed by atoms with Gasteiger partial charge in [-0.2, -0.15) is 0 Å². The van der Waals surface area contributed by atoms with Crippen molar-refractivity contribution in [1.29, 1.82) is 0 Å². The summed E-state index contributed by atoms with van der Waals surface area (Å²) >= 11 is 0. The van der Waals surface area contributed by atoms with Crippen LogP contribution >= 0.6 is 0 Å². The van der Waals surface area contributed by atoms with Gasteiger partial charge in [-0.05, 0) is 37.7 Å². The molecule has 0 bridgehead atoms. The third-order valence-electron chi connectivity index (χ3n) is 3.49. The summed E-state index contributed by atoms with van der Waals surface area (Å²) in [6.07, 6.45) is 1.78. The van der Waals surface area contributed by atoms with Gasteiger partial charge >= 0.3 is 0 Å². The maximum absolute atomic E-state index is 13.9. The molecule has 0 aliphatic rings. The van der Waals surface area contributed by atoms with Crippen molar-refractivity contribution in [2.24, 2.45) is 0 Å². The van der Waals surface area contributed by atoms with Gasteiger partial charge in [0.25, 0.3) is 0 Å². The molecule has 0 saturated heterocycles. The Morgan fingerprint density at radius 1 is 1.30 bits per heavy atom. The summed E-state index contributed by atoms with van der Waals surface area (Å²) in [5.74, 6) is 0.659. The molecule has 1 unspecified atom stereocenters. The third kappa shape index (κ3) is 3.14. The van der Waals surface area contributed by atoms with E-state index in [-0.39, 0.29) is 11.9 Å². The van der Waals surface area contributed by atoms with E-state index in [1.165, 1.54) is 6.07 Å². The molecule has 3 nitrogen and oxygen atoms in total. The molecule has 2 aromatic rings. The van der Waals surface area contributed by atoms with Crippen LogP contribution < -0.4 is 10.2 Å². The Kier molecular flexibility index (Phi) is 4.69. The normalized spacial score (nSPS) is 12.2. The van der Waals surface area contributed by atoms with E-state index >= 15 is 0 Å². The Hall–Kier alpha value is -1.94. The molecule has 2 rings (SSSR count). The lowest BCUT2D eigenvalue weighted by molar-refractivity contribution is 0.584. The maximum atomic E-state index is 13.9. The van der Waals surface area contributed by atoms with Crippen molar-refractivity contribution in [2.75, 3.05) is 19.0 Å². The zero-order chi connectivity index (χ0) is 14.5. The van der Waals surface area contributed by atoms with Crippen LogP contribution in [0.4, 0.5) is 10.2 Å². The highest BCUT2D eigenvalue weighted by Gasteiger charge is 2.16. The number of hydrogen-bond donors (Lipinski definition) is 1. The van der Waals surface area contributed by atoms with E-state index < -0.39 is 0 Å². The highest BCUT2D eigenvalue weighted by Crippen LogP contribution is 2.25. The van der Waals surface area contributed by atoms with E-state index in [0.29, 0.717) is 5.56 Å². The van der Waals surface area contributed by atoms with Crippen LogP contribution in [0.5, 0.6) is 0 Å². The number of nitrogens with one attached hydrogen (secondary N) is 1. The van der Waals surface area contributed by atoms with E-state index in [1.807, 2.05) is 50.2 Å². The predicted octanol–water partition coefficient (Wildman–Crippen LogP) is 3.14. The highest BCUT2D eigenvalue weighted by atomic mass is 19.1. The maximum Gasteiger partial charge on any atom is 0.129 e. The van der Waals surface area contributed by atoms with Crippen LogP contribution in [0, 0.1) is 5.82 Å². The van der Waals surface area contributed by atoms with Gasteiger partial charge in [-0.1, -0.05) is 18.2 Å². The second-order valence-electron chi connectivity index (χ2n) is 4.86. The second kappa shape index (κ2) is 6.48. The standard InChI is InChI=1S/C16H20FN3/c1-12(14-6-4-5-7-15(14)17)20(3)16-10-13(11-18-2)8-9-19-16/h4-10,12,18H,11H2,1-3H3. The summed E-state index contributed by atoms with van der Waals surface area (Å²) in [4.78, 5) is 6.36. The molecule has 1 aromatic heterocycles. The summed E-state index contributed by atoms with van der Waals surface area (Å²) in [5, 5.41) is 3.11. The first-order valence-electron chi connectivity index (χ1n) is 6.70. The first kappa shape index (κ1) is 14.5. The van der Waals surface area contributed by atoms with E-state index in [4.69, 9.17) is 0 Å². The quantitative estimate of drug-likeness (QED) is 0.907. The lowest BCUT2D eigenvalue weighted by Gasteiger charge is -2.27. The molecule has 0 amide bonds. The number of pyridine rings is 1. The third-order valence-corrected chi connectivity index (χ3v) is 3.49. The van der Waals surface area contributed by atoms with Gasteiger partial charge in [-0.15, -0.1) is 0 Å². The van der Waals surface area contributed by atoms with Gasteiger partial charge in [-0.25, -0.2) is 9.37 Å². The van der Waals surface area contributed by atoms with Gasteiger partial charge in [0.05, 0.1) is 6.04 Å². The summed E-state index contributed by atoms with van der Waals surface area (Å²) in [6.45, 7) is 2.77. The van der Waals surface area contributed by atoms with E-state index in [0.717, 1.165) is 17.9 Å². The monoisotopic (exact) mass is 273 g/mol. The van der Waals surface area contributed by atoms with Crippen molar-refractivity contribution in [3.63, 3.8) is 0 Å². The number of benzene rings is 1. The topological polar surface area (TPSA) is 28.2 Å². The Morgan fingerprint density at radius 3 is 2.75 bits per heavy atom. The molecule has 106 valence electrons. The largest absolute Gasteiger partial charge is 0.353 e. The smallest absolute Gasteiger partial charge is 0.129 e. The Bertz CT molecular complexity index is 571. The van der Waals surface area contributed by atoms with Crippen LogP contribution in [0.1, 0.15) is 24.1 Å². The molecular weight excluding hydrogens is 253 g/mol. The molecule has 0 saturated carbocycles. The molecule has 0 spiro atoms. The first-order valence-corrected chi connectivity index (χ1v) is 6.70. The van der Waals surface area contributed by atoms with E-state index in [2.05, 4.69) is 10.3 Å². The van der Waals surface area contributed by atoms with Crippen LogP contribution in [-0.2, 0) is 6.54 Å². The fourth-order valence-electron chi connectivity index (χ4n) is 2.19. The zero-order valence-electron chi connectivity index (χ0n) is 12.1. The lowest BCUT2D eigenvalue weighted by atomic mass is 10.1. The van der Waals surface area contributed by atoms with Gasteiger partial charge in [0.1, 0.15) is 11.6 Å². The molecule has 4 heteroatoms. The summed E-state index contributed by atoms with van der Waals surface area (Å²) in [6, 6.07) is 10.8. The average molecular weight is 273 g/mol. The number of halogens is 1. The second-order valence-corrected chi connectivity index (χ2v) is 4.86. The van der Waals surface area contributed by atoms with Gasteiger partial charge < -0.3 is 10.2 Å². The number of aromatic nitrogens is 1. The van der Waals surface area contributed by atoms with Crippen LogP contribution in [-0.4, -0.2) is 19.1 Å². The number of nitrogens with zero attached hydrogens (tertiary/aromatic N) is 2. The fourth-order valence-corrected chi connectivity index (χ4v) is 2.19. The molecule has 1 N–H and O–H groups in total. The van der Waals surface area contributed by atoms with Crippen molar-refractivity contribution in [3.05, 3.63) is 59.5 Å². The molecule has 0 fully saturated rings. The van der Waals surface area contributed by atoms with Gasteiger partial charge in [0.2, 0.25) is 0 Å². The summed E-state index contributed by atoms with van der Waals surface area (Å²) in [5.41, 5.74) is 1.83. The summed E-state index contributed by atoms with van der Waals surface area (Å²) in [7, 11) is 3.84. The minimum atomic E-state index is -0.182. The molecule has 20 heavy (non-hydrogen) atoms. The van der Waals surface area contributed by atoms with E-state index in [1.54, 1.807) is 12.3 Å². The fraction of sp³-hybridized carbons (Fsp3) is 0.312. The number of rotatable bonds is 5. The molecule has 0 aliphatic carbocycles. The Labute approximate surface area is 119 Å². The molecule has 1 aromatic carbocycles. The molecular formula is C16H20FN3. The van der Waals surface area contributed by atoms with Crippen molar-refractivity contribution in [2.45, 2.75) is 19.5 Å². The average Bonchev–Trinajstić information content (AvgIpc) is 2.47. The number of anilines is 1. The van der Waals surface area contributed by atoms with Crippen molar-refractivity contribution < 1.29 is 4.39 Å². The molecule has 1 heterocycles. The van der Waals surface area contributed by atoms with Gasteiger partial charge in [-0.3, -0.25) is 0 Å². The van der Waals surface area contributed by atoms with Crippen LogP contribution in [0.15, 0.2) is 42.6 Å². The van der Waals surface area contributed by atoms with E-state index in [9.17, 15) is 4.39 Å². The predicted molar refractivity (Wildman–Crippen MR) is 80.2 cm³/mol. The molecule has 1 atom stereocenters. The SMILES string of the molecule is CNCc1ccnc(N(C)C(C)c2ccccc2F)c1. The van der Waals surface area contributed by atoms with Gasteiger partial charge in [0.15, 0.2) is 0 Å². The first-order chi connectivity index (χ1) is 9.63. The minimum absolute atomic E-state index is 0.0754. The Morgan fingerprint density at radius 2 is 2.05 bits per heavy atom. The highest BCUT2D eigenvalue weighted by molar-refractivity contribution is 5.43. The Balaban J connectivity index is 2.24. The van der Waals surface area contributed by atoms with Crippen LogP contribution in [0.25, 0.3) is 0 Å². The van der Waals surface area contributed by atoms with Gasteiger partial charge in [0, 0.05) is 25.4 Å². The molecule has 0 aliphatic heterocycles. The lowest BCUT2D eigenvalue weighted by Crippen LogP contribution is -2.23. The van der Waals surface area contributed by atoms with Crippen molar-refractivity contribution in [3.8, 4) is 0 Å². The molecule has 0 radical (unpaired) electrons. The zero-order valence-corrected chi connectivity index (χ0v) is 12.1. The minimum Gasteiger partial charge on any atom is -0.353 e.